The Morgan fingerprint density at radius 2 is 1.70 bits per heavy atom. The quantitative estimate of drug-likeness (QED) is 0.606. The van der Waals surface area contributed by atoms with E-state index < -0.39 is 0 Å². The minimum atomic E-state index is -0.190. The second kappa shape index (κ2) is 6.99. The van der Waals surface area contributed by atoms with Gasteiger partial charge in [0.05, 0.1) is 6.10 Å². The normalized spacial score (nSPS) is 12.9. The topological polar surface area (TPSA) is 55.0 Å². The number of rotatable bonds is 4. The van der Waals surface area contributed by atoms with Crippen LogP contribution < -0.4 is 0 Å². The molecule has 1 atom stereocenters. The number of hydrogen-bond acceptors (Lipinski definition) is 2. The summed E-state index contributed by atoms with van der Waals surface area (Å²) in [5, 5.41) is 8.94. The van der Waals surface area contributed by atoms with Crippen molar-refractivity contribution in [1.29, 1.82) is 0 Å². The van der Waals surface area contributed by atoms with Crippen LogP contribution in [0.25, 0.3) is 0 Å². The number of aliphatic hydroxyl groups is 1. The van der Waals surface area contributed by atoms with Gasteiger partial charge in [-0.2, -0.15) is 0 Å². The van der Waals surface area contributed by atoms with Gasteiger partial charge in [0.15, 0.2) is 0 Å². The highest BCUT2D eigenvalue weighted by Crippen LogP contribution is 1.89. The lowest BCUT2D eigenvalue weighted by Gasteiger charge is -2.18. The molecule has 0 aliphatic heterocycles. The lowest BCUT2D eigenvalue weighted by atomic mass is 10.3. The molecule has 0 amide bonds. The third kappa shape index (κ3) is 6.01. The highest BCUT2D eigenvalue weighted by Gasteiger charge is 2.01. The molecule has 0 saturated carbocycles. The molecule has 0 aliphatic rings. The van der Waals surface area contributed by atoms with Crippen LogP contribution in [-0.2, 0) is 0 Å². The van der Waals surface area contributed by atoms with Gasteiger partial charge in [-0.3, -0.25) is 0 Å². The van der Waals surface area contributed by atoms with Crippen LogP contribution in [0, 0.1) is 0 Å². The van der Waals surface area contributed by atoms with Gasteiger partial charge in [-0.15, -0.1) is 0 Å². The van der Waals surface area contributed by atoms with Crippen LogP contribution in [0.2, 0.25) is 0 Å². The minimum Gasteiger partial charge on any atom is -0.412 e. The predicted octanol–water partition coefficient (Wildman–Crippen LogP) is -0.116. The van der Waals surface area contributed by atoms with Crippen molar-refractivity contribution in [2.75, 3.05) is 19.6 Å². The molecular formula is C7H19NO2. The maximum Gasteiger partial charge on any atom is 0.0639 e. The van der Waals surface area contributed by atoms with E-state index >= 15 is 0 Å². The largest absolute Gasteiger partial charge is 0.412 e. The Balaban J connectivity index is 0. The zero-order chi connectivity index (χ0) is 7.28. The van der Waals surface area contributed by atoms with Crippen molar-refractivity contribution in [2.24, 2.45) is 0 Å². The van der Waals surface area contributed by atoms with Gasteiger partial charge in [-0.05, 0) is 20.0 Å². The second-order valence-electron chi connectivity index (χ2n) is 2.33. The van der Waals surface area contributed by atoms with Gasteiger partial charge in [0.25, 0.3) is 0 Å². The number of aliphatic hydroxyl groups excluding tert-OH is 1. The molecule has 0 aromatic heterocycles. The molecule has 0 radical (unpaired) electrons. The molecule has 3 nitrogen and oxygen atoms in total. The fraction of sp³-hybridized carbons (Fsp3) is 1.00. The molecule has 0 aromatic carbocycles. The van der Waals surface area contributed by atoms with Crippen LogP contribution in [0.5, 0.6) is 0 Å². The summed E-state index contributed by atoms with van der Waals surface area (Å²) in [6.07, 6.45) is -0.190. The van der Waals surface area contributed by atoms with Gasteiger partial charge in [0, 0.05) is 6.54 Å². The van der Waals surface area contributed by atoms with Gasteiger partial charge in [0.2, 0.25) is 0 Å². The van der Waals surface area contributed by atoms with Crippen LogP contribution in [0.3, 0.4) is 0 Å². The molecule has 64 valence electrons. The van der Waals surface area contributed by atoms with Crippen molar-refractivity contribution in [3.8, 4) is 0 Å². The van der Waals surface area contributed by atoms with Crippen molar-refractivity contribution in [1.82, 2.24) is 4.90 Å². The zero-order valence-corrected chi connectivity index (χ0v) is 7.09. The van der Waals surface area contributed by atoms with Crippen molar-refractivity contribution in [2.45, 2.75) is 26.9 Å². The Hall–Kier alpha value is -0.120. The van der Waals surface area contributed by atoms with Crippen molar-refractivity contribution >= 4 is 0 Å². The van der Waals surface area contributed by atoms with E-state index in [-0.39, 0.29) is 11.6 Å². The van der Waals surface area contributed by atoms with Crippen molar-refractivity contribution in [3.05, 3.63) is 0 Å². The Labute approximate surface area is 63.0 Å². The molecule has 0 aliphatic carbocycles. The molecule has 0 fully saturated rings. The highest BCUT2D eigenvalue weighted by atomic mass is 16.3. The van der Waals surface area contributed by atoms with Crippen LogP contribution >= 0.6 is 0 Å². The first-order chi connectivity index (χ1) is 4.20. The Kier molecular flexibility index (Phi) is 8.77. The molecule has 3 N–H and O–H groups in total. The van der Waals surface area contributed by atoms with Crippen molar-refractivity contribution < 1.29 is 10.6 Å². The summed E-state index contributed by atoms with van der Waals surface area (Å²) in [5.74, 6) is 0. The molecule has 0 bridgehead atoms. The van der Waals surface area contributed by atoms with E-state index in [1.54, 1.807) is 0 Å². The molecule has 0 aromatic rings. The fourth-order valence-corrected chi connectivity index (χ4v) is 0.855. The molecule has 0 heterocycles. The Morgan fingerprint density at radius 3 is 1.80 bits per heavy atom. The summed E-state index contributed by atoms with van der Waals surface area (Å²) in [5.41, 5.74) is 0. The average molecular weight is 149 g/mol. The molecule has 10 heavy (non-hydrogen) atoms. The number of nitrogens with zero attached hydrogens (tertiary/aromatic N) is 1. The third-order valence-electron chi connectivity index (χ3n) is 1.42. The Morgan fingerprint density at radius 1 is 1.30 bits per heavy atom. The van der Waals surface area contributed by atoms with E-state index in [2.05, 4.69) is 18.7 Å². The zero-order valence-electron chi connectivity index (χ0n) is 7.09. The number of likely N-dealkylation sites (N-methyl/N-ethyl adjacent to an activating group) is 1. The Bertz CT molecular complexity index is 62.6. The van der Waals surface area contributed by atoms with Crippen molar-refractivity contribution in [3.63, 3.8) is 0 Å². The van der Waals surface area contributed by atoms with Gasteiger partial charge in [-0.25, -0.2) is 0 Å². The molecule has 0 spiro atoms. The minimum absolute atomic E-state index is 0. The van der Waals surface area contributed by atoms with Crippen LogP contribution in [0.15, 0.2) is 0 Å². The summed E-state index contributed by atoms with van der Waals surface area (Å²) in [7, 11) is 0. The first-order valence-electron chi connectivity index (χ1n) is 3.61. The van der Waals surface area contributed by atoms with E-state index in [0.717, 1.165) is 19.6 Å². The first-order valence-corrected chi connectivity index (χ1v) is 3.61. The summed E-state index contributed by atoms with van der Waals surface area (Å²) in [6.45, 7) is 8.88. The van der Waals surface area contributed by atoms with E-state index in [0.29, 0.717) is 0 Å². The van der Waals surface area contributed by atoms with E-state index in [1.807, 2.05) is 6.92 Å². The fourth-order valence-electron chi connectivity index (χ4n) is 0.855. The average Bonchev–Trinajstić information content (AvgIpc) is 1.82. The van der Waals surface area contributed by atoms with Gasteiger partial charge in [-0.1, -0.05) is 13.8 Å². The van der Waals surface area contributed by atoms with E-state index in [4.69, 9.17) is 5.11 Å². The monoisotopic (exact) mass is 149 g/mol. The summed E-state index contributed by atoms with van der Waals surface area (Å²) in [6, 6.07) is 0. The molecule has 3 heteroatoms. The highest BCUT2D eigenvalue weighted by molar-refractivity contribution is 4.55. The lowest BCUT2D eigenvalue weighted by Crippen LogP contribution is -2.30. The molecule has 1 unspecified atom stereocenters. The van der Waals surface area contributed by atoms with E-state index in [9.17, 15) is 0 Å². The van der Waals surface area contributed by atoms with Crippen LogP contribution in [-0.4, -0.2) is 41.2 Å². The molecule has 0 saturated heterocycles. The first kappa shape index (κ1) is 12.5. The van der Waals surface area contributed by atoms with Gasteiger partial charge >= 0.3 is 0 Å². The molecular weight excluding hydrogens is 130 g/mol. The SMILES string of the molecule is CCN(CC)CC(C)O.O. The second-order valence-corrected chi connectivity index (χ2v) is 2.33. The van der Waals surface area contributed by atoms with Gasteiger partial charge in [0.1, 0.15) is 0 Å². The van der Waals surface area contributed by atoms with Crippen LogP contribution in [0.4, 0.5) is 0 Å². The van der Waals surface area contributed by atoms with E-state index in [1.165, 1.54) is 0 Å². The molecule has 0 rings (SSSR count). The maximum atomic E-state index is 8.94. The lowest BCUT2D eigenvalue weighted by molar-refractivity contribution is 0.133. The summed E-state index contributed by atoms with van der Waals surface area (Å²) >= 11 is 0. The predicted molar refractivity (Wildman–Crippen MR) is 43.1 cm³/mol. The maximum absolute atomic E-state index is 8.94. The summed E-state index contributed by atoms with van der Waals surface area (Å²) in [4.78, 5) is 2.20. The van der Waals surface area contributed by atoms with Crippen LogP contribution in [0.1, 0.15) is 20.8 Å². The smallest absolute Gasteiger partial charge is 0.0639 e. The standard InChI is InChI=1S/C7H17NO.H2O/c1-4-8(5-2)6-7(3)9;/h7,9H,4-6H2,1-3H3;1H2. The number of hydrogen-bond donors (Lipinski definition) is 1. The summed E-state index contributed by atoms with van der Waals surface area (Å²) < 4.78 is 0. The third-order valence-corrected chi connectivity index (χ3v) is 1.42. The van der Waals surface area contributed by atoms with Gasteiger partial charge < -0.3 is 15.5 Å².